The largest absolute Gasteiger partial charge is 0.338 e. The number of imidazole rings is 1. The van der Waals surface area contributed by atoms with Crippen molar-refractivity contribution in [2.24, 2.45) is 11.7 Å². The summed E-state index contributed by atoms with van der Waals surface area (Å²) in [6, 6.07) is 7.61. The van der Waals surface area contributed by atoms with E-state index in [9.17, 15) is 4.79 Å². The zero-order valence-electron chi connectivity index (χ0n) is 11.3. The van der Waals surface area contributed by atoms with Crippen molar-refractivity contribution in [2.45, 2.75) is 6.42 Å². The zero-order valence-corrected chi connectivity index (χ0v) is 11.3. The number of benzene rings is 1. The average Bonchev–Trinajstić information content (AvgIpc) is 3.18. The second-order valence-electron chi connectivity index (χ2n) is 5.16. The summed E-state index contributed by atoms with van der Waals surface area (Å²) in [5, 5.41) is 0. The third-order valence-electron chi connectivity index (χ3n) is 3.82. The van der Waals surface area contributed by atoms with Gasteiger partial charge in [-0.15, -0.1) is 0 Å². The Balaban J connectivity index is 1.73. The van der Waals surface area contributed by atoms with Crippen LogP contribution >= 0.6 is 0 Å². The highest BCUT2D eigenvalue weighted by Crippen LogP contribution is 2.18. The number of amides is 1. The molecule has 1 aromatic heterocycles. The van der Waals surface area contributed by atoms with Gasteiger partial charge >= 0.3 is 0 Å². The van der Waals surface area contributed by atoms with E-state index in [4.69, 9.17) is 5.73 Å². The molecule has 1 atom stereocenters. The van der Waals surface area contributed by atoms with E-state index in [2.05, 4.69) is 4.98 Å². The average molecular weight is 270 g/mol. The third kappa shape index (κ3) is 2.44. The number of likely N-dealkylation sites (tertiary alicyclic amines) is 1. The van der Waals surface area contributed by atoms with Gasteiger partial charge in [0, 0.05) is 36.7 Å². The van der Waals surface area contributed by atoms with E-state index < -0.39 is 0 Å². The van der Waals surface area contributed by atoms with Gasteiger partial charge in [0.15, 0.2) is 0 Å². The third-order valence-corrected chi connectivity index (χ3v) is 3.82. The first-order valence-corrected chi connectivity index (χ1v) is 6.85. The van der Waals surface area contributed by atoms with Crippen LogP contribution in [0.4, 0.5) is 0 Å². The second kappa shape index (κ2) is 5.46. The SMILES string of the molecule is NCC1CCN(C(=O)c2ccc(-n3ccnc3)cc2)C1. The number of aromatic nitrogens is 2. The Morgan fingerprint density at radius 2 is 2.15 bits per heavy atom. The van der Waals surface area contributed by atoms with Crippen LogP contribution in [0.3, 0.4) is 0 Å². The predicted molar refractivity (Wildman–Crippen MR) is 76.6 cm³/mol. The standard InChI is InChI=1S/C15H18N4O/c16-9-12-5-7-18(10-12)15(20)13-1-3-14(4-2-13)19-8-6-17-11-19/h1-4,6,8,11-12H,5,7,9-10,16H2. The van der Waals surface area contributed by atoms with Crippen LogP contribution in [0.2, 0.25) is 0 Å². The van der Waals surface area contributed by atoms with Gasteiger partial charge in [-0.3, -0.25) is 4.79 Å². The molecule has 0 aliphatic carbocycles. The molecule has 1 aliphatic heterocycles. The first kappa shape index (κ1) is 12.9. The first-order valence-electron chi connectivity index (χ1n) is 6.85. The lowest BCUT2D eigenvalue weighted by Crippen LogP contribution is -2.29. The summed E-state index contributed by atoms with van der Waals surface area (Å²) >= 11 is 0. The molecular formula is C15H18N4O. The number of carbonyl (C=O) groups excluding carboxylic acids is 1. The summed E-state index contributed by atoms with van der Waals surface area (Å²) in [6.45, 7) is 2.24. The molecule has 2 N–H and O–H groups in total. The summed E-state index contributed by atoms with van der Waals surface area (Å²) in [6.07, 6.45) is 6.36. The number of rotatable bonds is 3. The van der Waals surface area contributed by atoms with Gasteiger partial charge < -0.3 is 15.2 Å². The number of nitrogens with two attached hydrogens (primary N) is 1. The van der Waals surface area contributed by atoms with Gasteiger partial charge in [-0.05, 0) is 43.1 Å². The molecule has 0 saturated carbocycles. The van der Waals surface area contributed by atoms with Crippen LogP contribution in [0.15, 0.2) is 43.0 Å². The molecule has 0 radical (unpaired) electrons. The Morgan fingerprint density at radius 1 is 1.35 bits per heavy atom. The molecule has 1 unspecified atom stereocenters. The van der Waals surface area contributed by atoms with E-state index in [1.54, 1.807) is 12.5 Å². The lowest BCUT2D eigenvalue weighted by molar-refractivity contribution is 0.0787. The van der Waals surface area contributed by atoms with E-state index in [0.29, 0.717) is 12.5 Å². The molecule has 20 heavy (non-hydrogen) atoms. The molecule has 104 valence electrons. The second-order valence-corrected chi connectivity index (χ2v) is 5.16. The van der Waals surface area contributed by atoms with Gasteiger partial charge in [0.05, 0.1) is 6.33 Å². The van der Waals surface area contributed by atoms with Gasteiger partial charge in [0.1, 0.15) is 0 Å². The van der Waals surface area contributed by atoms with Crippen LogP contribution in [0, 0.1) is 5.92 Å². The topological polar surface area (TPSA) is 64.2 Å². The zero-order chi connectivity index (χ0) is 13.9. The van der Waals surface area contributed by atoms with Crippen molar-refractivity contribution in [1.29, 1.82) is 0 Å². The molecule has 1 saturated heterocycles. The van der Waals surface area contributed by atoms with Crippen molar-refractivity contribution in [3.8, 4) is 5.69 Å². The highest BCUT2D eigenvalue weighted by atomic mass is 16.2. The molecular weight excluding hydrogens is 252 g/mol. The Morgan fingerprint density at radius 3 is 2.75 bits per heavy atom. The Bertz CT molecular complexity index is 576. The van der Waals surface area contributed by atoms with E-state index in [1.807, 2.05) is 39.9 Å². The number of carbonyl (C=O) groups is 1. The van der Waals surface area contributed by atoms with Gasteiger partial charge in [-0.2, -0.15) is 0 Å². The van der Waals surface area contributed by atoms with E-state index in [1.165, 1.54) is 0 Å². The molecule has 1 aliphatic rings. The fraction of sp³-hybridized carbons (Fsp3) is 0.333. The lowest BCUT2D eigenvalue weighted by Gasteiger charge is -2.16. The van der Waals surface area contributed by atoms with Crippen molar-refractivity contribution in [3.63, 3.8) is 0 Å². The van der Waals surface area contributed by atoms with Crippen molar-refractivity contribution >= 4 is 5.91 Å². The Kier molecular flexibility index (Phi) is 3.52. The predicted octanol–water partition coefficient (Wildman–Crippen LogP) is 1.29. The molecule has 0 spiro atoms. The maximum atomic E-state index is 12.4. The monoisotopic (exact) mass is 270 g/mol. The number of hydrogen-bond acceptors (Lipinski definition) is 3. The number of nitrogens with zero attached hydrogens (tertiary/aromatic N) is 3. The molecule has 3 rings (SSSR count). The normalized spacial score (nSPS) is 18.4. The fourth-order valence-corrected chi connectivity index (χ4v) is 2.58. The first-order chi connectivity index (χ1) is 9.78. The molecule has 5 heteroatoms. The maximum Gasteiger partial charge on any atom is 0.253 e. The summed E-state index contributed by atoms with van der Waals surface area (Å²) in [5.41, 5.74) is 7.39. The molecule has 1 fully saturated rings. The minimum Gasteiger partial charge on any atom is -0.338 e. The Hall–Kier alpha value is -2.14. The maximum absolute atomic E-state index is 12.4. The van der Waals surface area contributed by atoms with Gasteiger partial charge in [0.25, 0.3) is 5.91 Å². The summed E-state index contributed by atoms with van der Waals surface area (Å²) in [5.74, 6) is 0.544. The highest BCUT2D eigenvalue weighted by molar-refractivity contribution is 5.94. The van der Waals surface area contributed by atoms with Crippen LogP contribution in [0.1, 0.15) is 16.8 Å². The summed E-state index contributed by atoms with van der Waals surface area (Å²) in [4.78, 5) is 18.3. The molecule has 2 aromatic rings. The number of hydrogen-bond donors (Lipinski definition) is 1. The Labute approximate surface area is 118 Å². The minimum atomic E-state index is 0.0955. The van der Waals surface area contributed by atoms with Crippen LogP contribution in [-0.2, 0) is 0 Å². The fourth-order valence-electron chi connectivity index (χ4n) is 2.58. The van der Waals surface area contributed by atoms with Crippen molar-refractivity contribution in [3.05, 3.63) is 48.5 Å². The molecule has 2 heterocycles. The summed E-state index contributed by atoms with van der Waals surface area (Å²) in [7, 11) is 0. The van der Waals surface area contributed by atoms with Gasteiger partial charge in [0.2, 0.25) is 0 Å². The van der Waals surface area contributed by atoms with E-state index in [0.717, 1.165) is 30.8 Å². The molecule has 1 amide bonds. The van der Waals surface area contributed by atoms with E-state index in [-0.39, 0.29) is 5.91 Å². The van der Waals surface area contributed by atoms with Crippen LogP contribution < -0.4 is 5.73 Å². The van der Waals surface area contributed by atoms with Crippen molar-refractivity contribution < 1.29 is 4.79 Å². The van der Waals surface area contributed by atoms with Gasteiger partial charge in [-0.1, -0.05) is 0 Å². The molecule has 1 aromatic carbocycles. The highest BCUT2D eigenvalue weighted by Gasteiger charge is 2.25. The van der Waals surface area contributed by atoms with Crippen LogP contribution in [0.25, 0.3) is 5.69 Å². The van der Waals surface area contributed by atoms with Crippen molar-refractivity contribution in [1.82, 2.24) is 14.5 Å². The minimum absolute atomic E-state index is 0.0955. The van der Waals surface area contributed by atoms with Crippen LogP contribution in [0.5, 0.6) is 0 Å². The van der Waals surface area contributed by atoms with Crippen molar-refractivity contribution in [2.75, 3.05) is 19.6 Å². The smallest absolute Gasteiger partial charge is 0.253 e. The van der Waals surface area contributed by atoms with Gasteiger partial charge in [-0.25, -0.2) is 4.98 Å². The molecule has 5 nitrogen and oxygen atoms in total. The van der Waals surface area contributed by atoms with E-state index >= 15 is 0 Å². The quantitative estimate of drug-likeness (QED) is 0.914. The summed E-state index contributed by atoms with van der Waals surface area (Å²) < 4.78 is 1.91. The lowest BCUT2D eigenvalue weighted by atomic mass is 10.1. The molecule has 0 bridgehead atoms. The van der Waals surface area contributed by atoms with Crippen LogP contribution in [-0.4, -0.2) is 40.0 Å².